The van der Waals surface area contributed by atoms with Crippen molar-refractivity contribution < 1.29 is 8.42 Å². The number of benzene rings is 1. The summed E-state index contributed by atoms with van der Waals surface area (Å²) in [6.45, 7) is 7.64. The van der Waals surface area contributed by atoms with Crippen molar-refractivity contribution in [2.45, 2.75) is 39.3 Å². The van der Waals surface area contributed by atoms with Crippen LogP contribution in [0.4, 0.5) is 0 Å². The molecule has 0 saturated carbocycles. The topological polar surface area (TPSA) is 86.9 Å². The molecule has 7 heteroatoms. The predicted octanol–water partition coefficient (Wildman–Crippen LogP) is 1.92. The average Bonchev–Trinajstić information content (AvgIpc) is 3.00. The van der Waals surface area contributed by atoms with E-state index >= 15 is 0 Å². The van der Waals surface area contributed by atoms with Gasteiger partial charge in [0.15, 0.2) is 0 Å². The summed E-state index contributed by atoms with van der Waals surface area (Å²) >= 11 is 0. The first-order chi connectivity index (χ1) is 11.3. The molecule has 0 saturated heterocycles. The molecule has 1 heterocycles. The Labute approximate surface area is 144 Å². The van der Waals surface area contributed by atoms with Gasteiger partial charge in [0.2, 0.25) is 10.0 Å². The lowest BCUT2D eigenvalue weighted by Crippen LogP contribution is -2.31. The average molecular weight is 350 g/mol. The second kappa shape index (κ2) is 7.92. The molecule has 0 aliphatic heterocycles. The molecule has 0 amide bonds. The molecular weight excluding hydrogens is 324 g/mol. The molecule has 0 radical (unpaired) electrons. The van der Waals surface area contributed by atoms with E-state index in [0.717, 1.165) is 16.8 Å². The number of aromatic nitrogens is 2. The zero-order valence-corrected chi connectivity index (χ0v) is 15.3. The first kappa shape index (κ1) is 18.6. The Morgan fingerprint density at radius 1 is 1.12 bits per heavy atom. The molecular formula is C17H26N4O2S. The quantitative estimate of drug-likeness (QED) is 0.635. The number of sulfonamides is 1. The van der Waals surface area contributed by atoms with Crippen molar-refractivity contribution in [2.24, 2.45) is 0 Å². The van der Waals surface area contributed by atoms with Crippen molar-refractivity contribution in [1.29, 1.82) is 0 Å². The molecule has 1 aromatic carbocycles. The van der Waals surface area contributed by atoms with Gasteiger partial charge < -0.3 is 5.32 Å². The molecule has 0 spiro atoms. The van der Waals surface area contributed by atoms with Crippen LogP contribution in [0, 0.1) is 0 Å². The molecule has 0 fully saturated rings. The summed E-state index contributed by atoms with van der Waals surface area (Å²) < 4.78 is 26.7. The Morgan fingerprint density at radius 2 is 1.83 bits per heavy atom. The molecule has 2 aromatic rings. The third-order valence-corrected chi connectivity index (χ3v) is 5.00. The monoisotopic (exact) mass is 350 g/mol. The van der Waals surface area contributed by atoms with Crippen LogP contribution < -0.4 is 10.0 Å². The molecule has 132 valence electrons. The number of H-pyrrole nitrogens is 1. The maximum Gasteiger partial charge on any atom is 0.213 e. The van der Waals surface area contributed by atoms with E-state index in [1.165, 1.54) is 0 Å². The van der Waals surface area contributed by atoms with Crippen molar-refractivity contribution >= 4 is 10.0 Å². The van der Waals surface area contributed by atoms with Gasteiger partial charge in [-0.3, -0.25) is 5.10 Å². The normalized spacial score (nSPS) is 12.5. The number of aromatic amines is 1. The van der Waals surface area contributed by atoms with Crippen LogP contribution in [0.5, 0.6) is 0 Å². The summed E-state index contributed by atoms with van der Waals surface area (Å²) in [6, 6.07) is 9.48. The highest BCUT2D eigenvalue weighted by atomic mass is 32.2. The van der Waals surface area contributed by atoms with Crippen molar-refractivity contribution in [1.82, 2.24) is 20.2 Å². The van der Waals surface area contributed by atoms with E-state index in [-0.39, 0.29) is 11.2 Å². The highest BCUT2D eigenvalue weighted by Gasteiger charge is 2.19. The Bertz CT molecular complexity index is 733. The molecule has 24 heavy (non-hydrogen) atoms. The second-order valence-corrected chi connectivity index (χ2v) is 8.75. The van der Waals surface area contributed by atoms with Gasteiger partial charge in [0.05, 0.1) is 11.9 Å². The lowest BCUT2D eigenvalue weighted by Gasteiger charge is -2.18. The summed E-state index contributed by atoms with van der Waals surface area (Å²) in [7, 11) is -3.30. The Morgan fingerprint density at radius 3 is 2.50 bits per heavy atom. The third kappa shape index (κ3) is 5.74. The lowest BCUT2D eigenvalue weighted by molar-refractivity contribution is 0.553. The molecule has 0 unspecified atom stereocenters. The minimum atomic E-state index is -3.30. The molecule has 1 aromatic heterocycles. The predicted molar refractivity (Wildman–Crippen MR) is 96.1 cm³/mol. The summed E-state index contributed by atoms with van der Waals surface area (Å²) in [4.78, 5) is 0. The van der Waals surface area contributed by atoms with Crippen molar-refractivity contribution in [3.05, 3.63) is 53.3 Å². The summed E-state index contributed by atoms with van der Waals surface area (Å²) in [5.74, 6) is 0.0442. The van der Waals surface area contributed by atoms with E-state index in [9.17, 15) is 8.42 Å². The number of nitrogens with one attached hydrogen (secondary N) is 3. The minimum Gasteiger partial charge on any atom is -0.311 e. The van der Waals surface area contributed by atoms with Crippen LogP contribution in [0.2, 0.25) is 0 Å². The van der Waals surface area contributed by atoms with Crippen LogP contribution in [0.15, 0.2) is 36.5 Å². The zero-order valence-electron chi connectivity index (χ0n) is 14.5. The number of rotatable bonds is 8. The van der Waals surface area contributed by atoms with E-state index in [2.05, 4.69) is 41.0 Å². The standard InChI is InChI=1S/C17H26N4O2S/c1-17(2,3)16-15(13-19-21-16)12-18-9-10-24(22,23)20-11-14-7-5-4-6-8-14/h4-8,13,18,20H,9-12H2,1-3H3,(H,19,21). The fraction of sp³-hybridized carbons (Fsp3) is 0.471. The highest BCUT2D eigenvalue weighted by molar-refractivity contribution is 7.89. The first-order valence-electron chi connectivity index (χ1n) is 8.03. The molecule has 0 bridgehead atoms. The number of hydrogen-bond donors (Lipinski definition) is 3. The van der Waals surface area contributed by atoms with Gasteiger partial charge in [-0.05, 0) is 5.56 Å². The lowest BCUT2D eigenvalue weighted by atomic mass is 9.89. The van der Waals surface area contributed by atoms with E-state index in [1.807, 2.05) is 30.3 Å². The highest BCUT2D eigenvalue weighted by Crippen LogP contribution is 2.23. The number of nitrogens with zero attached hydrogens (tertiary/aromatic N) is 1. The first-order valence-corrected chi connectivity index (χ1v) is 9.68. The fourth-order valence-corrected chi connectivity index (χ4v) is 3.33. The van der Waals surface area contributed by atoms with Gasteiger partial charge >= 0.3 is 0 Å². The van der Waals surface area contributed by atoms with Gasteiger partial charge in [-0.2, -0.15) is 5.10 Å². The van der Waals surface area contributed by atoms with Crippen LogP contribution in [-0.4, -0.2) is 30.9 Å². The van der Waals surface area contributed by atoms with Crippen molar-refractivity contribution in [3.8, 4) is 0 Å². The molecule has 0 atom stereocenters. The van der Waals surface area contributed by atoms with E-state index in [0.29, 0.717) is 19.6 Å². The summed E-state index contributed by atoms with van der Waals surface area (Å²) in [6.07, 6.45) is 1.79. The van der Waals surface area contributed by atoms with Gasteiger partial charge in [0.1, 0.15) is 0 Å². The molecule has 2 rings (SSSR count). The van der Waals surface area contributed by atoms with Crippen LogP contribution in [-0.2, 0) is 28.5 Å². The van der Waals surface area contributed by atoms with E-state index < -0.39 is 10.0 Å². The largest absolute Gasteiger partial charge is 0.311 e. The molecule has 0 aliphatic rings. The molecule has 3 N–H and O–H groups in total. The molecule has 0 aliphatic carbocycles. The van der Waals surface area contributed by atoms with Gasteiger partial charge in [0.25, 0.3) is 0 Å². The van der Waals surface area contributed by atoms with Crippen LogP contribution in [0.1, 0.15) is 37.6 Å². The smallest absolute Gasteiger partial charge is 0.213 e. The fourth-order valence-electron chi connectivity index (χ4n) is 2.39. The van der Waals surface area contributed by atoms with Gasteiger partial charge in [0, 0.05) is 36.3 Å². The second-order valence-electron chi connectivity index (χ2n) is 6.82. The van der Waals surface area contributed by atoms with Crippen molar-refractivity contribution in [3.63, 3.8) is 0 Å². The maximum atomic E-state index is 12.0. The Balaban J connectivity index is 1.76. The maximum absolute atomic E-state index is 12.0. The van der Waals surface area contributed by atoms with E-state index in [4.69, 9.17) is 0 Å². The Hall–Kier alpha value is -1.70. The van der Waals surface area contributed by atoms with Crippen LogP contribution in [0.25, 0.3) is 0 Å². The van der Waals surface area contributed by atoms with E-state index in [1.54, 1.807) is 6.20 Å². The minimum absolute atomic E-state index is 0.0170. The molecule has 6 nitrogen and oxygen atoms in total. The van der Waals surface area contributed by atoms with Gasteiger partial charge in [-0.15, -0.1) is 0 Å². The third-order valence-electron chi connectivity index (χ3n) is 3.67. The van der Waals surface area contributed by atoms with Crippen molar-refractivity contribution in [2.75, 3.05) is 12.3 Å². The summed E-state index contributed by atoms with van der Waals surface area (Å²) in [5.41, 5.74) is 3.07. The van der Waals surface area contributed by atoms with Gasteiger partial charge in [-0.25, -0.2) is 13.1 Å². The summed E-state index contributed by atoms with van der Waals surface area (Å²) in [5, 5.41) is 10.3. The van der Waals surface area contributed by atoms with Crippen LogP contribution >= 0.6 is 0 Å². The Kier molecular flexibility index (Phi) is 6.15. The zero-order chi connectivity index (χ0) is 17.6. The SMILES string of the molecule is CC(C)(C)c1[nH]ncc1CNCCS(=O)(=O)NCc1ccccc1. The van der Waals surface area contributed by atoms with Crippen LogP contribution in [0.3, 0.4) is 0 Å². The number of hydrogen-bond acceptors (Lipinski definition) is 4. The van der Waals surface area contributed by atoms with Gasteiger partial charge in [-0.1, -0.05) is 51.1 Å².